The van der Waals surface area contributed by atoms with Gasteiger partial charge >= 0.3 is 6.09 Å². The molecule has 1 aromatic heterocycles. The molecule has 2 aliphatic carbocycles. The van der Waals surface area contributed by atoms with Gasteiger partial charge in [-0.3, -0.25) is 19.1 Å². The molecule has 3 aliphatic rings. The summed E-state index contributed by atoms with van der Waals surface area (Å²) in [6.07, 6.45) is 5.43. The summed E-state index contributed by atoms with van der Waals surface area (Å²) in [5.41, 5.74) is -1.89. The minimum absolute atomic E-state index is 0.00276. The fourth-order valence-electron chi connectivity index (χ4n) is 6.31. The van der Waals surface area contributed by atoms with E-state index in [1.165, 1.54) is 17.2 Å². The number of nitrogens with one attached hydrogen (secondary N) is 3. The topological polar surface area (TPSA) is 192 Å². The number of carbonyl (C=O) groups excluding carboxylic acids is 4. The van der Waals surface area contributed by atoms with Crippen LogP contribution < -0.4 is 24.8 Å². The normalized spacial score (nSPS) is 22.9. The third kappa shape index (κ3) is 9.50. The summed E-state index contributed by atoms with van der Waals surface area (Å²) in [6.45, 7) is 12.7. The van der Waals surface area contributed by atoms with Gasteiger partial charge in [0.25, 0.3) is 5.91 Å². The highest BCUT2D eigenvalue weighted by Crippen LogP contribution is 2.45. The number of amides is 4. The van der Waals surface area contributed by atoms with E-state index in [0.29, 0.717) is 36.2 Å². The van der Waals surface area contributed by atoms with Crippen LogP contribution in [0.15, 0.2) is 55.0 Å². The van der Waals surface area contributed by atoms with Gasteiger partial charge in [-0.25, -0.2) is 18.2 Å². The summed E-state index contributed by atoms with van der Waals surface area (Å²) >= 11 is 0. The molecule has 0 unspecified atom stereocenters. The number of ether oxygens (including phenoxy) is 4. The lowest BCUT2D eigenvalue weighted by atomic mass is 10.1. The van der Waals surface area contributed by atoms with E-state index in [9.17, 15) is 27.6 Å². The number of rotatable bonds is 16. The van der Waals surface area contributed by atoms with E-state index in [0.717, 1.165) is 18.2 Å². The van der Waals surface area contributed by atoms with Crippen LogP contribution in [0.1, 0.15) is 73.1 Å². The first-order chi connectivity index (χ1) is 25.5. The van der Waals surface area contributed by atoms with Gasteiger partial charge in [0.2, 0.25) is 27.7 Å². The molecule has 3 fully saturated rings. The van der Waals surface area contributed by atoms with E-state index in [2.05, 4.69) is 26.9 Å². The van der Waals surface area contributed by atoms with Crippen molar-refractivity contribution in [2.75, 3.05) is 20.3 Å². The van der Waals surface area contributed by atoms with Crippen molar-refractivity contribution in [1.82, 2.24) is 25.2 Å². The number of hydrogen-bond acceptors (Lipinski definition) is 11. The maximum absolute atomic E-state index is 14.5. The van der Waals surface area contributed by atoms with E-state index in [1.807, 2.05) is 25.1 Å². The minimum atomic E-state index is -3.91. The average molecular weight is 770 g/mol. The predicted octanol–water partition coefficient (Wildman–Crippen LogP) is 3.87. The van der Waals surface area contributed by atoms with Crippen molar-refractivity contribution >= 4 is 44.6 Å². The van der Waals surface area contributed by atoms with Gasteiger partial charge in [-0.2, -0.15) is 0 Å². The third-order valence-electron chi connectivity index (χ3n) is 9.60. The standard InChI is InChI=1S/C38H51N5O10S/c1-8-10-17-51-23(3)31(40-36(47)53-37(4,5)6)34(45)43-21-24(22-52-33-29-14-11-27(50-7)19-25(29)15-16-39-33)18-30(43)32(44)41-38(20-26(38)9-2)35(46)42-54(48,49)28-12-13-28/h9,11,14-16,19,22-23,26,28,30-31H,2,8,10,12-13,17-18,20-21H2,1,3-7H3,(H,40,47)(H,41,44)(H,42,46)/b24-22-/t23-,26-,30+,31+,38-/m1/s1. The first-order valence-electron chi connectivity index (χ1n) is 18.2. The molecular weight excluding hydrogens is 719 g/mol. The van der Waals surface area contributed by atoms with E-state index >= 15 is 0 Å². The SMILES string of the molecule is C=C[C@@H]1C[C@]1(NC(=O)[C@@H]1C/C(=C/Oc2nccc3cc(OC)ccc23)CN1C(=O)[C@@H](NC(=O)OC(C)(C)C)[C@@H](C)OCCCC)C(=O)NS(=O)(=O)C1CC1. The average Bonchev–Trinajstić information content (AvgIpc) is 4.05. The van der Waals surface area contributed by atoms with Gasteiger partial charge in [0.1, 0.15) is 29.0 Å². The number of likely N-dealkylation sites (tertiary alicyclic amines) is 1. The van der Waals surface area contributed by atoms with Crippen molar-refractivity contribution in [1.29, 1.82) is 0 Å². The summed E-state index contributed by atoms with van der Waals surface area (Å²) in [6, 6.07) is 4.79. The lowest BCUT2D eigenvalue weighted by Gasteiger charge is -2.32. The van der Waals surface area contributed by atoms with Crippen LogP contribution in [0.2, 0.25) is 0 Å². The highest BCUT2D eigenvalue weighted by Gasteiger charge is 2.62. The molecule has 1 saturated heterocycles. The zero-order chi connectivity index (χ0) is 39.4. The van der Waals surface area contributed by atoms with Gasteiger partial charge < -0.3 is 34.5 Å². The molecule has 1 aromatic carbocycles. The second-order valence-electron chi connectivity index (χ2n) is 15.0. The van der Waals surface area contributed by atoms with Crippen LogP contribution in [0.4, 0.5) is 4.79 Å². The number of fused-ring (bicyclic) bond motifs is 1. The summed E-state index contributed by atoms with van der Waals surface area (Å²) in [5.74, 6) is -1.77. The Balaban J connectivity index is 1.45. The number of nitrogens with zero attached hydrogens (tertiary/aromatic N) is 2. The summed E-state index contributed by atoms with van der Waals surface area (Å²) in [7, 11) is -2.34. The van der Waals surface area contributed by atoms with E-state index in [-0.39, 0.29) is 25.3 Å². The van der Waals surface area contributed by atoms with E-state index < -0.39 is 74.3 Å². The molecule has 5 atom stereocenters. The van der Waals surface area contributed by atoms with Crippen molar-refractivity contribution in [3.8, 4) is 11.6 Å². The molecule has 5 rings (SSSR count). The van der Waals surface area contributed by atoms with Gasteiger partial charge in [0.05, 0.1) is 24.7 Å². The van der Waals surface area contributed by atoms with Crippen molar-refractivity contribution in [2.45, 2.75) is 108 Å². The number of sulfonamides is 1. The highest BCUT2D eigenvalue weighted by molar-refractivity contribution is 7.91. The molecule has 1 aliphatic heterocycles. The number of methoxy groups -OCH3 is 1. The second kappa shape index (κ2) is 16.3. The van der Waals surface area contributed by atoms with Crippen LogP contribution in [-0.2, 0) is 33.9 Å². The molecule has 2 saturated carbocycles. The molecular formula is C38H51N5O10S. The molecule has 294 valence electrons. The van der Waals surface area contributed by atoms with E-state index in [1.54, 1.807) is 47.1 Å². The molecule has 4 amide bonds. The molecule has 16 heteroatoms. The molecule has 3 N–H and O–H groups in total. The highest BCUT2D eigenvalue weighted by atomic mass is 32.2. The zero-order valence-electron chi connectivity index (χ0n) is 31.7. The molecule has 2 aromatic rings. The molecule has 2 heterocycles. The van der Waals surface area contributed by atoms with Gasteiger partial charge in [-0.05, 0) is 88.6 Å². The Morgan fingerprint density at radius 3 is 2.54 bits per heavy atom. The quantitative estimate of drug-likeness (QED) is 0.128. The van der Waals surface area contributed by atoms with Gasteiger partial charge in [-0.15, -0.1) is 6.58 Å². The number of benzene rings is 1. The number of pyridine rings is 1. The Bertz CT molecular complexity index is 1910. The van der Waals surface area contributed by atoms with Crippen LogP contribution in [0, 0.1) is 5.92 Å². The fourth-order valence-corrected chi connectivity index (χ4v) is 7.68. The third-order valence-corrected chi connectivity index (χ3v) is 11.4. The summed E-state index contributed by atoms with van der Waals surface area (Å²) < 4.78 is 50.4. The number of alkyl carbamates (subject to hydrolysis) is 1. The van der Waals surface area contributed by atoms with Crippen LogP contribution in [0.3, 0.4) is 0 Å². The summed E-state index contributed by atoms with van der Waals surface area (Å²) in [5, 5.41) is 6.29. The van der Waals surface area contributed by atoms with Crippen LogP contribution in [0.5, 0.6) is 11.6 Å². The maximum atomic E-state index is 14.5. The first-order valence-corrected chi connectivity index (χ1v) is 19.8. The Kier molecular flexibility index (Phi) is 12.3. The van der Waals surface area contributed by atoms with Crippen molar-refractivity contribution in [3.63, 3.8) is 0 Å². The number of carbonyl (C=O) groups is 4. The minimum Gasteiger partial charge on any atom is -0.497 e. The fraction of sp³-hybridized carbons (Fsp3) is 0.553. The Labute approximate surface area is 316 Å². The largest absolute Gasteiger partial charge is 0.497 e. The second-order valence-corrected chi connectivity index (χ2v) is 17.0. The number of unbranched alkanes of at least 4 members (excludes halogenated alkanes) is 1. The Hall–Kier alpha value is -4.70. The Morgan fingerprint density at radius 2 is 1.91 bits per heavy atom. The number of hydrogen-bond donors (Lipinski definition) is 3. The van der Waals surface area contributed by atoms with Crippen molar-refractivity contribution in [3.05, 3.63) is 55.0 Å². The molecule has 15 nitrogen and oxygen atoms in total. The Morgan fingerprint density at radius 1 is 1.17 bits per heavy atom. The lowest BCUT2D eigenvalue weighted by Crippen LogP contribution is -2.60. The maximum Gasteiger partial charge on any atom is 0.408 e. The van der Waals surface area contributed by atoms with Crippen LogP contribution >= 0.6 is 0 Å². The first kappa shape index (κ1) is 40.5. The molecule has 0 radical (unpaired) electrons. The predicted molar refractivity (Wildman–Crippen MR) is 200 cm³/mol. The number of aromatic nitrogens is 1. The van der Waals surface area contributed by atoms with Crippen molar-refractivity contribution < 1.29 is 46.5 Å². The van der Waals surface area contributed by atoms with Crippen LogP contribution in [-0.4, -0.2) is 97.0 Å². The van der Waals surface area contributed by atoms with Crippen LogP contribution in [0.25, 0.3) is 10.8 Å². The zero-order valence-corrected chi connectivity index (χ0v) is 32.5. The summed E-state index contributed by atoms with van der Waals surface area (Å²) in [4.78, 5) is 61.0. The lowest BCUT2D eigenvalue weighted by molar-refractivity contribution is -0.143. The van der Waals surface area contributed by atoms with E-state index in [4.69, 9.17) is 18.9 Å². The molecule has 0 spiro atoms. The molecule has 54 heavy (non-hydrogen) atoms. The van der Waals surface area contributed by atoms with Gasteiger partial charge in [0, 0.05) is 37.1 Å². The smallest absolute Gasteiger partial charge is 0.408 e. The van der Waals surface area contributed by atoms with Gasteiger partial charge in [-0.1, -0.05) is 19.4 Å². The van der Waals surface area contributed by atoms with Crippen molar-refractivity contribution in [2.24, 2.45) is 5.92 Å². The monoisotopic (exact) mass is 769 g/mol. The van der Waals surface area contributed by atoms with Gasteiger partial charge in [0.15, 0.2) is 0 Å². The molecule has 0 bridgehead atoms.